The van der Waals surface area contributed by atoms with Gasteiger partial charge in [0.2, 0.25) is 0 Å². The van der Waals surface area contributed by atoms with Gasteiger partial charge >= 0.3 is 0 Å². The Morgan fingerprint density at radius 2 is 1.97 bits per heavy atom. The zero-order valence-electron chi connectivity index (χ0n) is 17.3. The van der Waals surface area contributed by atoms with Crippen LogP contribution in [0.2, 0.25) is 5.02 Å². The average Bonchev–Trinajstić information content (AvgIpc) is 3.43. The number of aryl methyl sites for hydroxylation is 1. The van der Waals surface area contributed by atoms with Crippen LogP contribution in [0.4, 0.5) is 0 Å². The van der Waals surface area contributed by atoms with Crippen molar-refractivity contribution >= 4 is 17.2 Å². The van der Waals surface area contributed by atoms with Gasteiger partial charge in [0.1, 0.15) is 0 Å². The first-order valence-corrected chi connectivity index (χ1v) is 10.4. The molecular formula is C21H23ClN6O3. The maximum Gasteiger partial charge on any atom is 0.276 e. The molecule has 10 heteroatoms. The molecule has 1 aliphatic heterocycles. The number of fused-ring (bicyclic) bond motifs is 1. The van der Waals surface area contributed by atoms with Crippen LogP contribution in [0.15, 0.2) is 41.7 Å². The molecule has 5 heterocycles. The molecule has 0 aromatic carbocycles. The summed E-state index contributed by atoms with van der Waals surface area (Å²) in [4.78, 5) is 21.4. The Morgan fingerprint density at radius 1 is 1.23 bits per heavy atom. The zero-order valence-corrected chi connectivity index (χ0v) is 18.1. The maximum atomic E-state index is 12.5. The fourth-order valence-electron chi connectivity index (χ4n) is 3.32. The van der Waals surface area contributed by atoms with Gasteiger partial charge in [0.15, 0.2) is 11.5 Å². The molecule has 0 atom stereocenters. The van der Waals surface area contributed by atoms with E-state index in [-0.39, 0.29) is 5.56 Å². The minimum absolute atomic E-state index is 0.0693. The molecule has 5 rings (SSSR count). The molecule has 162 valence electrons. The minimum Gasteiger partial charge on any atom is -0.377 e. The Morgan fingerprint density at radius 3 is 2.61 bits per heavy atom. The molecule has 0 radical (unpaired) electrons. The molecule has 4 aromatic heterocycles. The van der Waals surface area contributed by atoms with Crippen LogP contribution in [0.1, 0.15) is 18.2 Å². The lowest BCUT2D eigenvalue weighted by Crippen LogP contribution is -2.21. The van der Waals surface area contributed by atoms with Crippen molar-refractivity contribution < 1.29 is 9.47 Å². The second-order valence-electron chi connectivity index (χ2n) is 6.91. The third-order valence-corrected chi connectivity index (χ3v) is 5.13. The second kappa shape index (κ2) is 9.42. The third kappa shape index (κ3) is 4.53. The number of rotatable bonds is 3. The largest absolute Gasteiger partial charge is 0.377 e. The van der Waals surface area contributed by atoms with E-state index in [1.807, 2.05) is 20.0 Å². The molecule has 0 amide bonds. The van der Waals surface area contributed by atoms with Gasteiger partial charge < -0.3 is 9.47 Å². The van der Waals surface area contributed by atoms with Gasteiger partial charge in [0, 0.05) is 52.1 Å². The zero-order chi connectivity index (χ0) is 21.8. The standard InChI is InChI=1S/C17H15ClN6O.C4H8O2/c1-3-13-10(2)22-16-14(8-21-24(16)17(13)25)11-7-20-23(9-11)15-6-12(18)4-5-19-15;1-2-6-4-3-5-1/h4-9,21H,3H2,1-2H3;1-4H2. The number of ether oxygens (including phenoxy) is 2. The number of aromatic nitrogens is 6. The molecule has 0 spiro atoms. The Kier molecular flexibility index (Phi) is 6.45. The van der Waals surface area contributed by atoms with Crippen molar-refractivity contribution in [3.05, 3.63) is 63.6 Å². The number of hydrogen-bond donors (Lipinski definition) is 1. The van der Waals surface area contributed by atoms with Gasteiger partial charge in [-0.15, -0.1) is 0 Å². The molecule has 1 saturated heterocycles. The van der Waals surface area contributed by atoms with Gasteiger partial charge in [-0.05, 0) is 19.4 Å². The molecular weight excluding hydrogens is 420 g/mol. The smallest absolute Gasteiger partial charge is 0.276 e. The van der Waals surface area contributed by atoms with Gasteiger partial charge in [0.05, 0.1) is 32.6 Å². The van der Waals surface area contributed by atoms with E-state index >= 15 is 0 Å². The van der Waals surface area contributed by atoms with E-state index in [1.54, 1.807) is 35.4 Å². The summed E-state index contributed by atoms with van der Waals surface area (Å²) in [6.07, 6.45) is 7.57. The van der Waals surface area contributed by atoms with Crippen molar-refractivity contribution in [2.45, 2.75) is 20.3 Å². The molecule has 1 aliphatic rings. The van der Waals surface area contributed by atoms with Crippen LogP contribution in [0.25, 0.3) is 22.6 Å². The minimum atomic E-state index is -0.0693. The lowest BCUT2D eigenvalue weighted by atomic mass is 10.1. The van der Waals surface area contributed by atoms with Crippen LogP contribution in [-0.2, 0) is 15.9 Å². The van der Waals surface area contributed by atoms with Crippen molar-refractivity contribution in [1.82, 2.24) is 29.4 Å². The number of halogens is 1. The number of nitrogens with one attached hydrogen (secondary N) is 1. The van der Waals surface area contributed by atoms with E-state index < -0.39 is 0 Å². The fraction of sp³-hybridized carbons (Fsp3) is 0.333. The number of H-pyrrole nitrogens is 1. The van der Waals surface area contributed by atoms with E-state index in [0.29, 0.717) is 28.5 Å². The summed E-state index contributed by atoms with van der Waals surface area (Å²) in [5.41, 5.74) is 3.60. The van der Waals surface area contributed by atoms with Crippen LogP contribution in [0.3, 0.4) is 0 Å². The second-order valence-corrected chi connectivity index (χ2v) is 7.35. The van der Waals surface area contributed by atoms with Crippen molar-refractivity contribution in [1.29, 1.82) is 0 Å². The van der Waals surface area contributed by atoms with Crippen molar-refractivity contribution in [2.75, 3.05) is 26.4 Å². The van der Waals surface area contributed by atoms with Crippen LogP contribution >= 0.6 is 11.6 Å². The highest BCUT2D eigenvalue weighted by Crippen LogP contribution is 2.24. The molecule has 0 unspecified atom stereocenters. The van der Waals surface area contributed by atoms with Gasteiger partial charge in [0.25, 0.3) is 5.56 Å². The molecule has 31 heavy (non-hydrogen) atoms. The van der Waals surface area contributed by atoms with Crippen LogP contribution < -0.4 is 5.56 Å². The quantitative estimate of drug-likeness (QED) is 0.523. The summed E-state index contributed by atoms with van der Waals surface area (Å²) in [7, 11) is 0. The summed E-state index contributed by atoms with van der Waals surface area (Å²) in [5, 5.41) is 7.91. The molecule has 0 aliphatic carbocycles. The summed E-state index contributed by atoms with van der Waals surface area (Å²) in [5.74, 6) is 0.619. The third-order valence-electron chi connectivity index (χ3n) is 4.90. The highest BCUT2D eigenvalue weighted by Gasteiger charge is 2.15. The number of hydrogen-bond acceptors (Lipinski definition) is 6. The SMILES string of the molecule is C1COCCO1.CCc1c(C)nc2c(-c3cnn(-c4cc(Cl)ccn4)c3)c[nH]n2c1=O. The topological polar surface area (TPSA) is 99.3 Å². The van der Waals surface area contributed by atoms with E-state index in [2.05, 4.69) is 20.2 Å². The lowest BCUT2D eigenvalue weighted by Gasteiger charge is -2.09. The Hall–Kier alpha value is -3.01. The highest BCUT2D eigenvalue weighted by molar-refractivity contribution is 6.30. The predicted octanol–water partition coefficient (Wildman–Crippen LogP) is 2.83. The Bertz CT molecular complexity index is 1230. The normalized spacial score (nSPS) is 13.8. The number of nitrogens with zero attached hydrogens (tertiary/aromatic N) is 5. The summed E-state index contributed by atoms with van der Waals surface area (Å²) < 4.78 is 13.0. The predicted molar refractivity (Wildman–Crippen MR) is 117 cm³/mol. The van der Waals surface area contributed by atoms with Gasteiger partial charge in [-0.2, -0.15) is 5.10 Å². The molecule has 0 saturated carbocycles. The molecule has 4 aromatic rings. The van der Waals surface area contributed by atoms with E-state index in [0.717, 1.165) is 43.2 Å². The van der Waals surface area contributed by atoms with E-state index in [1.165, 1.54) is 4.52 Å². The molecule has 0 bridgehead atoms. The maximum absolute atomic E-state index is 12.5. The number of aromatic amines is 1. The summed E-state index contributed by atoms with van der Waals surface area (Å²) >= 11 is 6.01. The Labute approximate surface area is 183 Å². The van der Waals surface area contributed by atoms with Crippen molar-refractivity contribution in [3.63, 3.8) is 0 Å². The van der Waals surface area contributed by atoms with Crippen LogP contribution in [0.5, 0.6) is 0 Å². The molecule has 1 N–H and O–H groups in total. The highest BCUT2D eigenvalue weighted by atomic mass is 35.5. The fourth-order valence-corrected chi connectivity index (χ4v) is 3.48. The van der Waals surface area contributed by atoms with Gasteiger partial charge in [-0.3, -0.25) is 9.89 Å². The van der Waals surface area contributed by atoms with Crippen molar-refractivity contribution in [3.8, 4) is 16.9 Å². The van der Waals surface area contributed by atoms with Crippen molar-refractivity contribution in [2.24, 2.45) is 0 Å². The van der Waals surface area contributed by atoms with Gasteiger partial charge in [-0.25, -0.2) is 19.2 Å². The Balaban J connectivity index is 0.000000334. The monoisotopic (exact) mass is 442 g/mol. The van der Waals surface area contributed by atoms with E-state index in [9.17, 15) is 4.79 Å². The first kappa shape index (κ1) is 21.2. The van der Waals surface area contributed by atoms with E-state index in [4.69, 9.17) is 21.1 Å². The average molecular weight is 443 g/mol. The van der Waals surface area contributed by atoms with Crippen LogP contribution in [0, 0.1) is 6.92 Å². The number of pyridine rings is 1. The molecule has 9 nitrogen and oxygen atoms in total. The van der Waals surface area contributed by atoms with Gasteiger partial charge in [-0.1, -0.05) is 18.5 Å². The lowest BCUT2D eigenvalue weighted by molar-refractivity contribution is -0.0334. The van der Waals surface area contributed by atoms with Crippen LogP contribution in [-0.4, -0.2) is 55.8 Å². The summed E-state index contributed by atoms with van der Waals surface area (Å²) in [6, 6.07) is 3.44. The molecule has 1 fully saturated rings. The first-order chi connectivity index (χ1) is 15.1. The summed E-state index contributed by atoms with van der Waals surface area (Å²) in [6.45, 7) is 6.92. The first-order valence-electron chi connectivity index (χ1n) is 10.0.